The lowest BCUT2D eigenvalue weighted by molar-refractivity contribution is -0.683. The summed E-state index contributed by atoms with van der Waals surface area (Å²) in [5.74, 6) is -0.0403. The fourth-order valence-electron chi connectivity index (χ4n) is 2.46. The van der Waals surface area contributed by atoms with Crippen LogP contribution in [-0.2, 0) is 13.1 Å². The van der Waals surface area contributed by atoms with Gasteiger partial charge in [0.15, 0.2) is 24.8 Å². The molecule has 4 nitrogen and oxygen atoms in total. The maximum absolute atomic E-state index is 12.4. The van der Waals surface area contributed by atoms with Gasteiger partial charge in [-0.25, -0.2) is 0 Å². The highest BCUT2D eigenvalue weighted by Crippen LogP contribution is 2.07. The molecule has 2 aromatic heterocycles. The van der Waals surface area contributed by atoms with Crippen molar-refractivity contribution in [3.05, 3.63) is 96.6 Å². The number of rotatable bonds is 6. The second-order valence-corrected chi connectivity index (χ2v) is 5.52. The van der Waals surface area contributed by atoms with Gasteiger partial charge in [-0.2, -0.15) is 9.13 Å². The number of hydrogen-bond acceptors (Lipinski definition) is 2. The lowest BCUT2D eigenvalue weighted by atomic mass is 10.0. The molecule has 4 heteroatoms. The third-order valence-electron chi connectivity index (χ3n) is 3.71. The van der Waals surface area contributed by atoms with Gasteiger partial charge in [-0.05, 0) is 6.07 Å². The summed E-state index contributed by atoms with van der Waals surface area (Å²) in [5.41, 5.74) is 1.10. The predicted molar refractivity (Wildman–Crippen MR) is 88.4 cm³/mol. The Morgan fingerprint density at radius 2 is 1.04 bits per heavy atom. The van der Waals surface area contributed by atoms with E-state index in [1.54, 1.807) is 24.3 Å². The number of pyridine rings is 2. The highest BCUT2D eigenvalue weighted by Gasteiger charge is 2.16. The molecule has 0 fully saturated rings. The van der Waals surface area contributed by atoms with Crippen molar-refractivity contribution in [2.45, 2.75) is 13.1 Å². The van der Waals surface area contributed by atoms with Crippen LogP contribution in [0.1, 0.15) is 20.7 Å². The minimum absolute atomic E-state index is 0.0202. The monoisotopic (exact) mass is 318 g/mol. The van der Waals surface area contributed by atoms with Crippen LogP contribution in [0.3, 0.4) is 0 Å². The number of carbonyl (C=O) groups is 2. The Bertz CT molecular complexity index is 777. The first-order valence-electron chi connectivity index (χ1n) is 7.77. The lowest BCUT2D eigenvalue weighted by Gasteiger charge is -2.02. The SMILES string of the molecule is O=C(C[n+]1ccccc1)c1cccc(C(=O)C[n+]2ccccc2)c1. The van der Waals surface area contributed by atoms with E-state index >= 15 is 0 Å². The molecule has 0 N–H and O–H groups in total. The molecule has 0 aliphatic heterocycles. The Morgan fingerprint density at radius 1 is 0.625 bits per heavy atom. The molecule has 0 saturated heterocycles. The van der Waals surface area contributed by atoms with Crippen molar-refractivity contribution in [3.8, 4) is 0 Å². The Balaban J connectivity index is 1.74. The minimum atomic E-state index is -0.0202. The van der Waals surface area contributed by atoms with Crippen LogP contribution in [-0.4, -0.2) is 11.6 Å². The van der Waals surface area contributed by atoms with Crippen molar-refractivity contribution in [1.29, 1.82) is 0 Å². The summed E-state index contributed by atoms with van der Waals surface area (Å²) in [7, 11) is 0. The second kappa shape index (κ2) is 7.42. The van der Waals surface area contributed by atoms with Crippen molar-refractivity contribution in [1.82, 2.24) is 0 Å². The quantitative estimate of drug-likeness (QED) is 0.515. The third kappa shape index (κ3) is 3.98. The Labute approximate surface area is 140 Å². The van der Waals surface area contributed by atoms with E-state index in [0.717, 1.165) is 0 Å². The van der Waals surface area contributed by atoms with Crippen LogP contribution in [0.15, 0.2) is 85.5 Å². The first-order chi connectivity index (χ1) is 11.7. The summed E-state index contributed by atoms with van der Waals surface area (Å²) in [6.45, 7) is 0.512. The molecule has 0 aliphatic carbocycles. The van der Waals surface area contributed by atoms with E-state index in [4.69, 9.17) is 0 Å². The smallest absolute Gasteiger partial charge is 0.227 e. The van der Waals surface area contributed by atoms with Gasteiger partial charge >= 0.3 is 0 Å². The van der Waals surface area contributed by atoms with E-state index in [0.29, 0.717) is 11.1 Å². The number of aromatic nitrogens is 2. The average Bonchev–Trinajstić information content (AvgIpc) is 2.63. The van der Waals surface area contributed by atoms with Crippen LogP contribution in [0.2, 0.25) is 0 Å². The highest BCUT2D eigenvalue weighted by molar-refractivity contribution is 6.00. The van der Waals surface area contributed by atoms with Crippen molar-refractivity contribution in [2.75, 3.05) is 0 Å². The zero-order valence-electron chi connectivity index (χ0n) is 13.2. The number of ketones is 2. The van der Waals surface area contributed by atoms with Gasteiger partial charge in [0, 0.05) is 35.4 Å². The summed E-state index contributed by atoms with van der Waals surface area (Å²) >= 11 is 0. The zero-order chi connectivity index (χ0) is 16.8. The topological polar surface area (TPSA) is 41.9 Å². The fraction of sp³-hybridized carbons (Fsp3) is 0.100. The summed E-state index contributed by atoms with van der Waals surface area (Å²) in [6, 6.07) is 18.3. The van der Waals surface area contributed by atoms with Gasteiger partial charge in [0.25, 0.3) is 0 Å². The average molecular weight is 318 g/mol. The van der Waals surface area contributed by atoms with Crippen LogP contribution >= 0.6 is 0 Å². The molecule has 0 saturated carbocycles. The molecule has 0 bridgehead atoms. The predicted octanol–water partition coefficient (Wildman–Crippen LogP) is 2.03. The molecule has 0 spiro atoms. The molecule has 0 amide bonds. The van der Waals surface area contributed by atoms with E-state index in [1.165, 1.54) is 0 Å². The maximum Gasteiger partial charge on any atom is 0.227 e. The molecule has 24 heavy (non-hydrogen) atoms. The minimum Gasteiger partial charge on any atom is -0.287 e. The van der Waals surface area contributed by atoms with Crippen LogP contribution in [0, 0.1) is 0 Å². The number of carbonyl (C=O) groups excluding carboxylic acids is 2. The van der Waals surface area contributed by atoms with Crippen LogP contribution in [0.25, 0.3) is 0 Å². The highest BCUT2D eigenvalue weighted by atomic mass is 16.1. The van der Waals surface area contributed by atoms with E-state index in [2.05, 4.69) is 0 Å². The number of hydrogen-bond donors (Lipinski definition) is 0. The first kappa shape index (κ1) is 15.7. The van der Waals surface area contributed by atoms with E-state index in [1.807, 2.05) is 70.3 Å². The second-order valence-electron chi connectivity index (χ2n) is 5.52. The summed E-state index contributed by atoms with van der Waals surface area (Å²) in [4.78, 5) is 24.8. The van der Waals surface area contributed by atoms with Crippen LogP contribution in [0.5, 0.6) is 0 Å². The summed E-state index contributed by atoms with van der Waals surface area (Å²) < 4.78 is 3.63. The van der Waals surface area contributed by atoms with Gasteiger partial charge in [-0.1, -0.05) is 30.3 Å². The van der Waals surface area contributed by atoms with E-state index in [9.17, 15) is 9.59 Å². The summed E-state index contributed by atoms with van der Waals surface area (Å²) in [6.07, 6.45) is 7.38. The van der Waals surface area contributed by atoms with Crippen LogP contribution in [0.4, 0.5) is 0 Å². The molecule has 0 unspecified atom stereocenters. The standard InChI is InChI=1S/C20H18N2O2/c23-19(15-21-10-3-1-4-11-21)17-8-7-9-18(14-17)20(24)16-22-12-5-2-6-13-22/h1-14H,15-16H2/q+2. The van der Waals surface area contributed by atoms with Crippen molar-refractivity contribution in [3.63, 3.8) is 0 Å². The number of Topliss-reactive ketones (excluding diaryl/α,β-unsaturated/α-hetero) is 2. The van der Waals surface area contributed by atoms with Gasteiger partial charge in [-0.3, -0.25) is 9.59 Å². The van der Waals surface area contributed by atoms with Crippen molar-refractivity contribution in [2.24, 2.45) is 0 Å². The molecule has 3 rings (SSSR count). The molecule has 2 heterocycles. The molecule has 0 atom stereocenters. The summed E-state index contributed by atoms with van der Waals surface area (Å²) in [5, 5.41) is 0. The normalized spacial score (nSPS) is 10.3. The Kier molecular flexibility index (Phi) is 4.87. The van der Waals surface area contributed by atoms with Gasteiger partial charge in [-0.15, -0.1) is 0 Å². The van der Waals surface area contributed by atoms with Crippen molar-refractivity contribution < 1.29 is 18.7 Å². The molecule has 118 valence electrons. The molecule has 1 aromatic carbocycles. The van der Waals surface area contributed by atoms with Gasteiger partial charge < -0.3 is 0 Å². The van der Waals surface area contributed by atoms with Gasteiger partial charge in [0.2, 0.25) is 24.7 Å². The zero-order valence-corrected chi connectivity index (χ0v) is 13.2. The van der Waals surface area contributed by atoms with E-state index < -0.39 is 0 Å². The molecular formula is C20H18N2O2+2. The Hall–Kier alpha value is -3.14. The number of nitrogens with zero attached hydrogens (tertiary/aromatic N) is 2. The fourth-order valence-corrected chi connectivity index (χ4v) is 2.46. The Morgan fingerprint density at radius 3 is 1.46 bits per heavy atom. The van der Waals surface area contributed by atoms with Crippen molar-refractivity contribution >= 4 is 11.6 Å². The molecule has 0 aliphatic rings. The molecule has 3 aromatic rings. The largest absolute Gasteiger partial charge is 0.287 e. The molecular weight excluding hydrogens is 300 g/mol. The maximum atomic E-state index is 12.4. The first-order valence-corrected chi connectivity index (χ1v) is 7.77. The van der Waals surface area contributed by atoms with Gasteiger partial charge in [0.05, 0.1) is 0 Å². The molecule has 0 radical (unpaired) electrons. The van der Waals surface area contributed by atoms with Crippen LogP contribution < -0.4 is 9.13 Å². The lowest BCUT2D eigenvalue weighted by Crippen LogP contribution is -2.37. The number of benzene rings is 1. The van der Waals surface area contributed by atoms with E-state index in [-0.39, 0.29) is 24.7 Å². The third-order valence-corrected chi connectivity index (χ3v) is 3.71. The van der Waals surface area contributed by atoms with Gasteiger partial charge in [0.1, 0.15) is 0 Å².